The smallest absolute Gasteiger partial charge is 0.273 e. The summed E-state index contributed by atoms with van der Waals surface area (Å²) in [6.45, 7) is 3.86. The fourth-order valence-electron chi connectivity index (χ4n) is 2.76. The maximum atomic E-state index is 12.3. The number of nitrogens with zero attached hydrogens (tertiary/aromatic N) is 3. The molecular weight excluding hydrogens is 314 g/mol. The Hall–Kier alpha value is -1.92. The zero-order valence-corrected chi connectivity index (χ0v) is 13.8. The van der Waals surface area contributed by atoms with Crippen molar-refractivity contribution in [3.05, 3.63) is 46.7 Å². The van der Waals surface area contributed by atoms with Crippen LogP contribution in [0.15, 0.2) is 30.5 Å². The van der Waals surface area contributed by atoms with Crippen LogP contribution in [0.4, 0.5) is 0 Å². The van der Waals surface area contributed by atoms with E-state index in [1.165, 1.54) is 0 Å². The molecule has 1 aromatic heterocycles. The fraction of sp³-hybridized carbons (Fsp3) is 0.438. The second-order valence-electron chi connectivity index (χ2n) is 5.82. The molecule has 1 saturated heterocycles. The molecule has 3 rings (SSSR count). The number of hydrogen-bond donors (Lipinski definition) is 2. The van der Waals surface area contributed by atoms with E-state index < -0.39 is 0 Å². The van der Waals surface area contributed by atoms with Crippen LogP contribution < -0.4 is 10.6 Å². The third-order valence-corrected chi connectivity index (χ3v) is 4.36. The maximum Gasteiger partial charge on any atom is 0.273 e. The molecule has 1 aromatic carbocycles. The van der Waals surface area contributed by atoms with Gasteiger partial charge in [0.25, 0.3) is 5.91 Å². The molecule has 1 aliphatic heterocycles. The van der Waals surface area contributed by atoms with Crippen LogP contribution in [0, 0.1) is 0 Å². The molecule has 0 radical (unpaired) electrons. The number of amides is 1. The third-order valence-electron chi connectivity index (χ3n) is 4.12. The van der Waals surface area contributed by atoms with Gasteiger partial charge in [0.1, 0.15) is 0 Å². The van der Waals surface area contributed by atoms with Crippen LogP contribution in [0.1, 0.15) is 47.9 Å². The number of hydrogen-bond acceptors (Lipinski definition) is 4. The average Bonchev–Trinajstić information content (AvgIpc) is 3.06. The quantitative estimate of drug-likeness (QED) is 0.901. The molecule has 0 bridgehead atoms. The summed E-state index contributed by atoms with van der Waals surface area (Å²) in [7, 11) is 0. The SMILES string of the molecule is C[C@@H](NC(=O)c1cn(C2CCNCC2)nn1)c1cccc(Cl)c1. The Morgan fingerprint density at radius 3 is 2.96 bits per heavy atom. The number of rotatable bonds is 4. The molecule has 2 heterocycles. The van der Waals surface area contributed by atoms with Crippen molar-refractivity contribution < 1.29 is 4.79 Å². The van der Waals surface area contributed by atoms with Gasteiger partial charge in [-0.1, -0.05) is 28.9 Å². The monoisotopic (exact) mass is 333 g/mol. The minimum absolute atomic E-state index is 0.148. The van der Waals surface area contributed by atoms with Crippen LogP contribution >= 0.6 is 11.6 Å². The maximum absolute atomic E-state index is 12.3. The first-order valence-corrected chi connectivity index (χ1v) is 8.20. The van der Waals surface area contributed by atoms with Gasteiger partial charge < -0.3 is 10.6 Å². The molecule has 1 fully saturated rings. The van der Waals surface area contributed by atoms with Gasteiger partial charge in [0, 0.05) is 5.02 Å². The summed E-state index contributed by atoms with van der Waals surface area (Å²) in [5.41, 5.74) is 1.30. The summed E-state index contributed by atoms with van der Waals surface area (Å²) >= 11 is 5.99. The minimum Gasteiger partial charge on any atom is -0.344 e. The first-order chi connectivity index (χ1) is 11.1. The lowest BCUT2D eigenvalue weighted by Gasteiger charge is -2.22. The summed E-state index contributed by atoms with van der Waals surface area (Å²) < 4.78 is 1.81. The first-order valence-electron chi connectivity index (χ1n) is 7.82. The highest BCUT2D eigenvalue weighted by Crippen LogP contribution is 2.19. The van der Waals surface area contributed by atoms with E-state index in [2.05, 4.69) is 20.9 Å². The Morgan fingerprint density at radius 1 is 1.43 bits per heavy atom. The van der Waals surface area contributed by atoms with Crippen LogP contribution in [0.25, 0.3) is 0 Å². The number of benzene rings is 1. The Kier molecular flexibility index (Phi) is 4.93. The zero-order chi connectivity index (χ0) is 16.2. The molecule has 1 amide bonds. The number of aromatic nitrogens is 3. The summed E-state index contributed by atoms with van der Waals surface area (Å²) in [5, 5.41) is 15.0. The molecule has 2 aromatic rings. The van der Waals surface area contributed by atoms with Crippen LogP contribution in [-0.4, -0.2) is 34.0 Å². The van der Waals surface area contributed by atoms with E-state index in [4.69, 9.17) is 11.6 Å². The van der Waals surface area contributed by atoms with E-state index in [9.17, 15) is 4.79 Å². The van der Waals surface area contributed by atoms with E-state index in [1.54, 1.807) is 10.9 Å². The van der Waals surface area contributed by atoms with Crippen molar-refractivity contribution in [3.8, 4) is 0 Å². The van der Waals surface area contributed by atoms with Crippen LogP contribution in [0.5, 0.6) is 0 Å². The van der Waals surface area contributed by atoms with Gasteiger partial charge in [-0.3, -0.25) is 4.79 Å². The largest absolute Gasteiger partial charge is 0.344 e. The van der Waals surface area contributed by atoms with Crippen molar-refractivity contribution >= 4 is 17.5 Å². The van der Waals surface area contributed by atoms with Crippen molar-refractivity contribution in [2.75, 3.05) is 13.1 Å². The normalized spacial score (nSPS) is 17.0. The molecule has 23 heavy (non-hydrogen) atoms. The Bertz CT molecular complexity index is 681. The highest BCUT2D eigenvalue weighted by atomic mass is 35.5. The molecule has 122 valence electrons. The highest BCUT2D eigenvalue weighted by molar-refractivity contribution is 6.30. The van der Waals surface area contributed by atoms with Gasteiger partial charge in [-0.15, -0.1) is 5.10 Å². The van der Waals surface area contributed by atoms with E-state index in [1.807, 2.05) is 31.2 Å². The summed E-state index contributed by atoms with van der Waals surface area (Å²) in [6, 6.07) is 7.62. The number of halogens is 1. The minimum atomic E-state index is -0.224. The first kappa shape index (κ1) is 16.0. The van der Waals surface area contributed by atoms with Gasteiger partial charge in [-0.2, -0.15) is 0 Å². The van der Waals surface area contributed by atoms with Crippen LogP contribution in [0.2, 0.25) is 5.02 Å². The van der Waals surface area contributed by atoms with Gasteiger partial charge in [0.15, 0.2) is 5.69 Å². The lowest BCUT2D eigenvalue weighted by atomic mass is 10.1. The topological polar surface area (TPSA) is 71.8 Å². The predicted molar refractivity (Wildman–Crippen MR) is 88.5 cm³/mol. The van der Waals surface area contributed by atoms with Gasteiger partial charge in [0.05, 0.1) is 18.3 Å². The lowest BCUT2D eigenvalue weighted by molar-refractivity contribution is 0.0934. The van der Waals surface area contributed by atoms with Crippen molar-refractivity contribution in [2.24, 2.45) is 0 Å². The standard InChI is InChI=1S/C16H20ClN5O/c1-11(12-3-2-4-13(17)9-12)19-16(23)15-10-22(21-20-15)14-5-7-18-8-6-14/h2-4,9-11,14,18H,5-8H2,1H3,(H,19,23)/t11-/m1/s1. The second-order valence-corrected chi connectivity index (χ2v) is 6.25. The second kappa shape index (κ2) is 7.10. The molecule has 0 saturated carbocycles. The number of carbonyl (C=O) groups is 1. The molecule has 1 aliphatic rings. The van der Waals surface area contributed by atoms with Crippen molar-refractivity contribution in [1.29, 1.82) is 0 Å². The Labute approximate surface area is 140 Å². The van der Waals surface area contributed by atoms with Gasteiger partial charge >= 0.3 is 0 Å². The molecule has 6 nitrogen and oxygen atoms in total. The molecule has 0 spiro atoms. The number of carbonyl (C=O) groups excluding carboxylic acids is 1. The third kappa shape index (κ3) is 3.89. The zero-order valence-electron chi connectivity index (χ0n) is 13.0. The molecule has 2 N–H and O–H groups in total. The lowest BCUT2D eigenvalue weighted by Crippen LogP contribution is -2.29. The van der Waals surface area contributed by atoms with E-state index in [-0.39, 0.29) is 11.9 Å². The molecule has 7 heteroatoms. The van der Waals surface area contributed by atoms with Crippen molar-refractivity contribution in [3.63, 3.8) is 0 Å². The van der Waals surface area contributed by atoms with Crippen molar-refractivity contribution in [2.45, 2.75) is 31.8 Å². The Morgan fingerprint density at radius 2 is 2.22 bits per heavy atom. The fourth-order valence-corrected chi connectivity index (χ4v) is 2.96. The van der Waals surface area contributed by atoms with Gasteiger partial charge in [0.2, 0.25) is 0 Å². The molecular formula is C16H20ClN5O. The highest BCUT2D eigenvalue weighted by Gasteiger charge is 2.19. The van der Waals surface area contributed by atoms with Gasteiger partial charge in [-0.25, -0.2) is 4.68 Å². The predicted octanol–water partition coefficient (Wildman–Crippen LogP) is 2.35. The van der Waals surface area contributed by atoms with Gasteiger partial charge in [-0.05, 0) is 50.6 Å². The van der Waals surface area contributed by atoms with E-state index in [0.717, 1.165) is 31.5 Å². The number of piperidine rings is 1. The molecule has 0 unspecified atom stereocenters. The summed E-state index contributed by atoms with van der Waals surface area (Å²) in [6.07, 6.45) is 3.74. The average molecular weight is 334 g/mol. The van der Waals surface area contributed by atoms with Crippen LogP contribution in [-0.2, 0) is 0 Å². The van der Waals surface area contributed by atoms with Crippen LogP contribution in [0.3, 0.4) is 0 Å². The van der Waals surface area contributed by atoms with E-state index in [0.29, 0.717) is 16.8 Å². The summed E-state index contributed by atoms with van der Waals surface area (Å²) in [4.78, 5) is 12.3. The Balaban J connectivity index is 1.65. The molecule has 1 atom stereocenters. The van der Waals surface area contributed by atoms with E-state index >= 15 is 0 Å². The molecule has 0 aliphatic carbocycles. The number of nitrogens with one attached hydrogen (secondary N) is 2. The van der Waals surface area contributed by atoms with Crippen molar-refractivity contribution in [1.82, 2.24) is 25.6 Å². The summed E-state index contributed by atoms with van der Waals surface area (Å²) in [5.74, 6) is -0.224.